The maximum Gasteiger partial charge on any atom is 0.584 e. The third-order valence-electron chi connectivity index (χ3n) is 10.7. The molecule has 286 valence electrons. The highest BCUT2D eigenvalue weighted by Gasteiger charge is 2.37. The van der Waals surface area contributed by atoms with Crippen LogP contribution in [0, 0.1) is 23.7 Å². The average Bonchev–Trinajstić information content (AvgIpc) is 3.47. The highest BCUT2D eigenvalue weighted by molar-refractivity contribution is 7.48. The van der Waals surface area contributed by atoms with E-state index in [0.29, 0.717) is 44.5 Å². The lowest BCUT2D eigenvalue weighted by Crippen LogP contribution is -1.99. The first-order valence-corrected chi connectivity index (χ1v) is 21.9. The molecule has 2 aliphatic heterocycles. The van der Waals surface area contributed by atoms with Crippen LogP contribution < -0.4 is 18.1 Å². The van der Waals surface area contributed by atoms with E-state index in [-0.39, 0.29) is 23.0 Å². The van der Waals surface area contributed by atoms with Gasteiger partial charge < -0.3 is 18.1 Å². The van der Waals surface area contributed by atoms with E-state index < -0.39 is 15.6 Å². The Balaban J connectivity index is 1.01. The number of fused-ring (bicyclic) bond motifs is 14. The van der Waals surface area contributed by atoms with Gasteiger partial charge in [0.2, 0.25) is 0 Å². The molecule has 10 heteroatoms. The third kappa shape index (κ3) is 6.16. The Kier molecular flexibility index (Phi) is 8.16. The van der Waals surface area contributed by atoms with Crippen molar-refractivity contribution in [2.24, 2.45) is 0 Å². The SMILES string of the molecule is O=P1(O)Oc2ccc3ccccc3c2-c2c(c(C#Cc3ccc(C#Cc4cc5ccccc5c5c4OP(=O)(O)Oc4ccc6ccccc6c4-5)cc3)cc3ccccc23)O1. The Morgan fingerprint density at radius 1 is 0.367 bits per heavy atom. The summed E-state index contributed by atoms with van der Waals surface area (Å²) in [5.41, 5.74) is 4.71. The van der Waals surface area contributed by atoms with E-state index in [4.69, 9.17) is 18.1 Å². The summed E-state index contributed by atoms with van der Waals surface area (Å²) in [6, 6.07) is 49.2. The van der Waals surface area contributed by atoms with E-state index in [2.05, 4.69) is 23.7 Å². The van der Waals surface area contributed by atoms with Crippen molar-refractivity contribution in [2.75, 3.05) is 0 Å². The molecule has 60 heavy (non-hydrogen) atoms. The van der Waals surface area contributed by atoms with Crippen LogP contribution in [-0.4, -0.2) is 9.79 Å². The van der Waals surface area contributed by atoms with Gasteiger partial charge in [0.15, 0.2) is 11.5 Å². The van der Waals surface area contributed by atoms with Crippen molar-refractivity contribution in [3.05, 3.63) is 180 Å². The van der Waals surface area contributed by atoms with Crippen molar-refractivity contribution in [1.82, 2.24) is 0 Å². The van der Waals surface area contributed by atoms with Crippen LogP contribution in [0.1, 0.15) is 22.3 Å². The van der Waals surface area contributed by atoms with E-state index in [9.17, 15) is 18.9 Å². The van der Waals surface area contributed by atoms with Gasteiger partial charge in [-0.1, -0.05) is 133 Å². The van der Waals surface area contributed by atoms with Crippen LogP contribution in [0.4, 0.5) is 0 Å². The molecule has 2 atom stereocenters. The quantitative estimate of drug-likeness (QED) is 0.115. The topological polar surface area (TPSA) is 112 Å². The van der Waals surface area contributed by atoms with Gasteiger partial charge in [0.05, 0.1) is 11.1 Å². The molecule has 0 aliphatic carbocycles. The Morgan fingerprint density at radius 2 is 0.717 bits per heavy atom. The van der Waals surface area contributed by atoms with Crippen LogP contribution in [0.2, 0.25) is 0 Å². The Hall–Kier alpha value is -7.28. The highest BCUT2D eigenvalue weighted by Crippen LogP contribution is 2.59. The zero-order valence-corrected chi connectivity index (χ0v) is 33.0. The number of benzene rings is 9. The van der Waals surface area contributed by atoms with Gasteiger partial charge in [0.1, 0.15) is 11.5 Å². The Bertz CT molecular complexity index is 3320. The zero-order chi connectivity index (χ0) is 40.6. The van der Waals surface area contributed by atoms with Crippen molar-refractivity contribution in [2.45, 2.75) is 0 Å². The summed E-state index contributed by atoms with van der Waals surface area (Å²) in [6.07, 6.45) is 0. The van der Waals surface area contributed by atoms with E-state index >= 15 is 0 Å². The minimum Gasteiger partial charge on any atom is -0.395 e. The monoisotopic (exact) mass is 818 g/mol. The van der Waals surface area contributed by atoms with Crippen molar-refractivity contribution < 1.29 is 37.0 Å². The molecule has 2 N–H and O–H groups in total. The lowest BCUT2D eigenvalue weighted by molar-refractivity contribution is 0.292. The highest BCUT2D eigenvalue weighted by atomic mass is 31.2. The molecule has 9 aromatic carbocycles. The number of hydrogen-bond acceptors (Lipinski definition) is 6. The molecule has 0 amide bonds. The van der Waals surface area contributed by atoms with Gasteiger partial charge in [-0.05, 0) is 91.6 Å². The fourth-order valence-electron chi connectivity index (χ4n) is 8.13. The van der Waals surface area contributed by atoms with Crippen molar-refractivity contribution in [1.29, 1.82) is 0 Å². The maximum absolute atomic E-state index is 13.4. The zero-order valence-electron chi connectivity index (χ0n) is 31.2. The van der Waals surface area contributed by atoms with Crippen LogP contribution in [0.5, 0.6) is 23.0 Å². The van der Waals surface area contributed by atoms with Crippen molar-refractivity contribution in [3.8, 4) is 68.9 Å². The van der Waals surface area contributed by atoms with Gasteiger partial charge in [0.25, 0.3) is 0 Å². The standard InChI is InChI=1S/C50H28O8P2/c51-59(52)55-43-27-25-33-9-1-5-13-39(33)45(43)47-41-15-7-3-11-35(41)29-37(49(47)57-59)23-21-31-17-19-32(20-18-31)22-24-38-30-36-12-4-8-16-42(36)48-46-40-14-6-2-10-34(40)26-28-44(46)56-60(53,54)58-50(38)48/h1-20,25-30H,(H,51,52)(H,53,54). The maximum atomic E-state index is 13.4. The molecule has 0 bridgehead atoms. The van der Waals surface area contributed by atoms with E-state index in [1.165, 1.54) is 0 Å². The van der Waals surface area contributed by atoms with Crippen LogP contribution >= 0.6 is 15.6 Å². The summed E-state index contributed by atoms with van der Waals surface area (Å²) in [4.78, 5) is 21.8. The molecule has 0 saturated heterocycles. The molecule has 0 fully saturated rings. The second-order valence-corrected chi connectivity index (χ2v) is 17.0. The second-order valence-electron chi connectivity index (χ2n) is 14.4. The molecule has 0 spiro atoms. The number of rotatable bonds is 0. The summed E-state index contributed by atoms with van der Waals surface area (Å²) in [6.45, 7) is 0. The summed E-state index contributed by atoms with van der Waals surface area (Å²) < 4.78 is 49.8. The molecule has 8 nitrogen and oxygen atoms in total. The van der Waals surface area contributed by atoms with Crippen molar-refractivity contribution in [3.63, 3.8) is 0 Å². The third-order valence-corrected chi connectivity index (χ3v) is 12.4. The summed E-state index contributed by atoms with van der Waals surface area (Å²) in [5.74, 6) is 13.6. The minimum atomic E-state index is -4.60. The first kappa shape index (κ1) is 35.8. The molecular weight excluding hydrogens is 790 g/mol. The molecular formula is C50H28O8P2. The summed E-state index contributed by atoms with van der Waals surface area (Å²) in [7, 11) is -9.20. The van der Waals surface area contributed by atoms with Gasteiger partial charge >= 0.3 is 15.6 Å². The Morgan fingerprint density at radius 3 is 1.12 bits per heavy atom. The average molecular weight is 819 g/mol. The van der Waals surface area contributed by atoms with Gasteiger partial charge in [-0.15, -0.1) is 0 Å². The molecule has 2 unspecified atom stereocenters. The fraction of sp³-hybridized carbons (Fsp3) is 0. The normalized spacial score (nSPS) is 17.4. The van der Waals surface area contributed by atoms with Crippen LogP contribution in [0.25, 0.3) is 65.3 Å². The molecule has 2 heterocycles. The lowest BCUT2D eigenvalue weighted by Gasteiger charge is -2.15. The van der Waals surface area contributed by atoms with E-state index in [1.807, 2.05) is 146 Å². The van der Waals surface area contributed by atoms with Crippen molar-refractivity contribution >= 4 is 58.7 Å². The fourth-order valence-corrected chi connectivity index (χ4v) is 9.85. The van der Waals surface area contributed by atoms with Crippen LogP contribution in [-0.2, 0) is 9.13 Å². The largest absolute Gasteiger partial charge is 0.584 e. The van der Waals surface area contributed by atoms with Crippen LogP contribution in [0.3, 0.4) is 0 Å². The molecule has 0 aromatic heterocycles. The van der Waals surface area contributed by atoms with Gasteiger partial charge in [-0.2, -0.15) is 0 Å². The van der Waals surface area contributed by atoms with Crippen LogP contribution in [0.15, 0.2) is 158 Å². The lowest BCUT2D eigenvalue weighted by atomic mass is 9.90. The van der Waals surface area contributed by atoms with Gasteiger partial charge in [-0.25, -0.2) is 9.13 Å². The molecule has 11 rings (SSSR count). The second kappa shape index (κ2) is 13.7. The molecule has 9 aromatic rings. The predicted molar refractivity (Wildman–Crippen MR) is 234 cm³/mol. The Labute approximate surface area is 343 Å². The number of phosphoric acid groups is 2. The minimum absolute atomic E-state index is 0.162. The first-order valence-electron chi connectivity index (χ1n) is 18.9. The predicted octanol–water partition coefficient (Wildman–Crippen LogP) is 12.2. The summed E-state index contributed by atoms with van der Waals surface area (Å²) >= 11 is 0. The molecule has 0 saturated carbocycles. The smallest absolute Gasteiger partial charge is 0.395 e. The first-order chi connectivity index (χ1) is 29.2. The van der Waals surface area contributed by atoms with E-state index in [0.717, 1.165) is 43.1 Å². The number of hydrogen-bond donors (Lipinski definition) is 2. The molecule has 2 aliphatic rings. The van der Waals surface area contributed by atoms with Gasteiger partial charge in [0, 0.05) is 33.4 Å². The molecule has 0 radical (unpaired) electrons. The summed E-state index contributed by atoms with van der Waals surface area (Å²) in [5, 5.41) is 6.96. The number of phosphoric ester groups is 2. The van der Waals surface area contributed by atoms with Gasteiger partial charge in [-0.3, -0.25) is 9.79 Å². The van der Waals surface area contributed by atoms with E-state index in [1.54, 1.807) is 12.1 Å².